The van der Waals surface area contributed by atoms with Crippen LogP contribution in [0, 0.1) is 0 Å². The molecule has 94 valence electrons. The minimum Gasteiger partial charge on any atom is -0.444 e. The van der Waals surface area contributed by atoms with Gasteiger partial charge in [-0.15, -0.1) is 0 Å². The van der Waals surface area contributed by atoms with Gasteiger partial charge < -0.3 is 14.8 Å². The molecule has 1 aliphatic rings. The Morgan fingerprint density at radius 1 is 1.62 bits per heavy atom. The van der Waals surface area contributed by atoms with Crippen LogP contribution in [0.3, 0.4) is 0 Å². The van der Waals surface area contributed by atoms with E-state index in [0.717, 1.165) is 0 Å². The van der Waals surface area contributed by atoms with Gasteiger partial charge in [-0.3, -0.25) is 0 Å². The zero-order valence-corrected chi connectivity index (χ0v) is 8.84. The highest BCUT2D eigenvalue weighted by molar-refractivity contribution is 5.67. The first-order valence-corrected chi connectivity index (χ1v) is 4.98. The molecule has 1 heterocycles. The zero-order valence-electron chi connectivity index (χ0n) is 8.84. The van der Waals surface area contributed by atoms with Gasteiger partial charge in [-0.1, -0.05) is 0 Å². The van der Waals surface area contributed by atoms with E-state index in [1.165, 1.54) is 6.92 Å². The van der Waals surface area contributed by atoms with E-state index in [0.29, 0.717) is 19.6 Å². The third-order valence-electron chi connectivity index (χ3n) is 2.06. The summed E-state index contributed by atoms with van der Waals surface area (Å²) in [6, 6.07) is -0.991. The minimum absolute atomic E-state index is 0.307. The summed E-state index contributed by atoms with van der Waals surface area (Å²) in [5.41, 5.74) is 0. The van der Waals surface area contributed by atoms with Crippen LogP contribution in [0.25, 0.3) is 0 Å². The number of halogens is 3. The average molecular weight is 241 g/mol. The van der Waals surface area contributed by atoms with E-state index in [2.05, 4.69) is 5.32 Å². The molecule has 1 amide bonds. The second-order valence-electron chi connectivity index (χ2n) is 3.76. The molecule has 0 spiro atoms. The fraction of sp³-hybridized carbons (Fsp3) is 0.889. The SMILES string of the molecule is C[C@@H](CC(F)(F)F)NC(=O)OC1CCOC1. The lowest BCUT2D eigenvalue weighted by molar-refractivity contribution is -0.138. The monoisotopic (exact) mass is 241 g/mol. The summed E-state index contributed by atoms with van der Waals surface area (Å²) in [6.45, 7) is 2.09. The Morgan fingerprint density at radius 3 is 2.81 bits per heavy atom. The number of hydrogen-bond acceptors (Lipinski definition) is 3. The van der Waals surface area contributed by atoms with Crippen molar-refractivity contribution in [2.24, 2.45) is 0 Å². The van der Waals surface area contributed by atoms with Gasteiger partial charge in [-0.2, -0.15) is 13.2 Å². The van der Waals surface area contributed by atoms with Crippen molar-refractivity contribution < 1.29 is 27.4 Å². The first-order chi connectivity index (χ1) is 7.37. The number of carbonyl (C=O) groups is 1. The lowest BCUT2D eigenvalue weighted by atomic mass is 10.2. The van der Waals surface area contributed by atoms with Crippen LogP contribution in [0.5, 0.6) is 0 Å². The first-order valence-electron chi connectivity index (χ1n) is 4.98. The van der Waals surface area contributed by atoms with Gasteiger partial charge in [0.15, 0.2) is 0 Å². The van der Waals surface area contributed by atoms with E-state index < -0.39 is 24.7 Å². The summed E-state index contributed by atoms with van der Waals surface area (Å²) in [5.74, 6) is 0. The van der Waals surface area contributed by atoms with Crippen molar-refractivity contribution >= 4 is 6.09 Å². The fourth-order valence-corrected chi connectivity index (χ4v) is 1.39. The van der Waals surface area contributed by atoms with Crippen LogP contribution in [0.15, 0.2) is 0 Å². The van der Waals surface area contributed by atoms with Gasteiger partial charge in [-0.25, -0.2) is 4.79 Å². The van der Waals surface area contributed by atoms with Gasteiger partial charge in [0.1, 0.15) is 6.10 Å². The average Bonchev–Trinajstić information content (AvgIpc) is 2.51. The molecule has 16 heavy (non-hydrogen) atoms. The molecule has 0 aromatic rings. The molecule has 1 saturated heterocycles. The van der Waals surface area contributed by atoms with Gasteiger partial charge in [0.25, 0.3) is 0 Å². The summed E-state index contributed by atoms with van der Waals surface area (Å²) >= 11 is 0. The van der Waals surface area contributed by atoms with Gasteiger partial charge in [0.05, 0.1) is 19.6 Å². The maximum absolute atomic E-state index is 11.9. The van der Waals surface area contributed by atoms with E-state index in [1.807, 2.05) is 0 Å². The van der Waals surface area contributed by atoms with E-state index in [1.54, 1.807) is 0 Å². The quantitative estimate of drug-likeness (QED) is 0.820. The highest BCUT2D eigenvalue weighted by Gasteiger charge is 2.31. The molecule has 4 nitrogen and oxygen atoms in total. The van der Waals surface area contributed by atoms with Crippen LogP contribution in [-0.4, -0.2) is 37.6 Å². The van der Waals surface area contributed by atoms with E-state index >= 15 is 0 Å². The third kappa shape index (κ3) is 5.20. The molecule has 1 rings (SSSR count). The lowest BCUT2D eigenvalue weighted by Crippen LogP contribution is -2.38. The smallest absolute Gasteiger partial charge is 0.407 e. The summed E-state index contributed by atoms with van der Waals surface area (Å²) in [7, 11) is 0. The molecule has 0 radical (unpaired) electrons. The second-order valence-corrected chi connectivity index (χ2v) is 3.76. The number of hydrogen-bond donors (Lipinski definition) is 1. The molecule has 0 bridgehead atoms. The van der Waals surface area contributed by atoms with Gasteiger partial charge in [0.2, 0.25) is 0 Å². The Balaban J connectivity index is 2.22. The molecular formula is C9H14F3NO3. The Bertz CT molecular complexity index is 239. The Kier molecular flexibility index (Phi) is 4.40. The topological polar surface area (TPSA) is 47.6 Å². The van der Waals surface area contributed by atoms with Crippen molar-refractivity contribution in [1.82, 2.24) is 5.32 Å². The van der Waals surface area contributed by atoms with E-state index in [-0.39, 0.29) is 6.10 Å². The fourth-order valence-electron chi connectivity index (χ4n) is 1.39. The minimum atomic E-state index is -4.29. The number of nitrogens with one attached hydrogen (secondary N) is 1. The van der Waals surface area contributed by atoms with Gasteiger partial charge in [0, 0.05) is 12.5 Å². The summed E-state index contributed by atoms with van der Waals surface area (Å²) in [5, 5.41) is 2.13. The number of alkyl carbamates (subject to hydrolysis) is 1. The molecule has 7 heteroatoms. The Morgan fingerprint density at radius 2 is 2.31 bits per heavy atom. The number of amides is 1. The van der Waals surface area contributed by atoms with Crippen LogP contribution < -0.4 is 5.32 Å². The number of rotatable bonds is 3. The molecule has 1 aliphatic heterocycles. The molecule has 0 saturated carbocycles. The van der Waals surface area contributed by atoms with Crippen LogP contribution in [0.1, 0.15) is 19.8 Å². The summed E-state index contributed by atoms with van der Waals surface area (Å²) in [4.78, 5) is 11.1. The predicted molar refractivity (Wildman–Crippen MR) is 49.0 cm³/mol. The maximum Gasteiger partial charge on any atom is 0.407 e. The van der Waals surface area contributed by atoms with Crippen molar-refractivity contribution in [3.63, 3.8) is 0 Å². The summed E-state index contributed by atoms with van der Waals surface area (Å²) in [6.07, 6.45) is -5.95. The van der Waals surface area contributed by atoms with Crippen molar-refractivity contribution in [2.45, 2.75) is 38.1 Å². The Hall–Kier alpha value is -0.980. The molecular weight excluding hydrogens is 227 g/mol. The number of ether oxygens (including phenoxy) is 2. The predicted octanol–water partition coefficient (Wildman–Crippen LogP) is 1.84. The second kappa shape index (κ2) is 5.38. The van der Waals surface area contributed by atoms with Gasteiger partial charge >= 0.3 is 12.3 Å². The highest BCUT2D eigenvalue weighted by atomic mass is 19.4. The number of alkyl halides is 3. The summed E-state index contributed by atoms with van der Waals surface area (Å²) < 4.78 is 45.7. The lowest BCUT2D eigenvalue weighted by Gasteiger charge is -2.17. The Labute approximate surface area is 91.1 Å². The normalized spacial score (nSPS) is 22.9. The van der Waals surface area contributed by atoms with Crippen LogP contribution in [0.2, 0.25) is 0 Å². The molecule has 1 unspecified atom stereocenters. The van der Waals surface area contributed by atoms with Crippen molar-refractivity contribution in [3.05, 3.63) is 0 Å². The third-order valence-corrected chi connectivity index (χ3v) is 2.06. The van der Waals surface area contributed by atoms with Crippen molar-refractivity contribution in [2.75, 3.05) is 13.2 Å². The van der Waals surface area contributed by atoms with Crippen LogP contribution in [-0.2, 0) is 9.47 Å². The van der Waals surface area contributed by atoms with Crippen LogP contribution >= 0.6 is 0 Å². The molecule has 0 aromatic heterocycles. The largest absolute Gasteiger partial charge is 0.444 e. The van der Waals surface area contributed by atoms with Crippen molar-refractivity contribution in [3.8, 4) is 0 Å². The number of carbonyl (C=O) groups excluding carboxylic acids is 1. The molecule has 0 aromatic carbocycles. The van der Waals surface area contributed by atoms with Crippen molar-refractivity contribution in [1.29, 1.82) is 0 Å². The first kappa shape index (κ1) is 13.1. The zero-order chi connectivity index (χ0) is 12.2. The maximum atomic E-state index is 11.9. The molecule has 1 fully saturated rings. The molecule has 2 atom stereocenters. The van der Waals surface area contributed by atoms with E-state index in [4.69, 9.17) is 9.47 Å². The molecule has 0 aliphatic carbocycles. The van der Waals surface area contributed by atoms with Crippen LogP contribution in [0.4, 0.5) is 18.0 Å². The van der Waals surface area contributed by atoms with Gasteiger partial charge in [-0.05, 0) is 6.92 Å². The highest BCUT2D eigenvalue weighted by Crippen LogP contribution is 2.21. The molecule has 1 N–H and O–H groups in total. The van der Waals surface area contributed by atoms with E-state index in [9.17, 15) is 18.0 Å². The standard InChI is InChI=1S/C9H14F3NO3/c1-6(4-9(10,11)12)13-8(14)16-7-2-3-15-5-7/h6-7H,2-5H2,1H3,(H,13,14)/t6-,7?/m0/s1.